The maximum absolute atomic E-state index is 12.8. The number of nitrogens with zero attached hydrogens (tertiary/aromatic N) is 2. The summed E-state index contributed by atoms with van der Waals surface area (Å²) in [5.41, 5.74) is 4.82. The number of nitrogens with one attached hydrogen (secondary N) is 1. The standard InChI is InChI=1S/C23H31N3O/c1-14(26-17(4)15(2)16(3)25-26)13-21(27)24-23-20-12-8-11-19(20)22(23)18-9-6-5-7-10-18/h5-7,9-10,14,19-20,22-23H,8,11-13H2,1-4H3,(H,24,27)/t14-,19-,20-,22+,23-/m1/s1. The second kappa shape index (κ2) is 7.14. The first kappa shape index (κ1) is 18.3. The minimum absolute atomic E-state index is 0.0760. The molecule has 2 fully saturated rings. The van der Waals surface area contributed by atoms with Gasteiger partial charge in [0.05, 0.1) is 11.7 Å². The van der Waals surface area contributed by atoms with Gasteiger partial charge in [0.1, 0.15) is 0 Å². The quantitative estimate of drug-likeness (QED) is 0.850. The maximum atomic E-state index is 12.8. The molecule has 5 atom stereocenters. The van der Waals surface area contributed by atoms with Gasteiger partial charge in [0.15, 0.2) is 0 Å². The molecule has 1 aromatic heterocycles. The molecule has 1 heterocycles. The van der Waals surface area contributed by atoms with Crippen molar-refractivity contribution in [2.45, 2.75) is 71.4 Å². The number of fused-ring (bicyclic) bond motifs is 1. The van der Waals surface area contributed by atoms with Gasteiger partial charge in [0.25, 0.3) is 0 Å². The molecule has 4 nitrogen and oxygen atoms in total. The number of aromatic nitrogens is 2. The highest BCUT2D eigenvalue weighted by Crippen LogP contribution is 2.55. The number of amides is 1. The summed E-state index contributed by atoms with van der Waals surface area (Å²) in [5.74, 6) is 2.04. The summed E-state index contributed by atoms with van der Waals surface area (Å²) >= 11 is 0. The molecule has 1 amide bonds. The fraction of sp³-hybridized carbons (Fsp3) is 0.565. The van der Waals surface area contributed by atoms with Crippen molar-refractivity contribution in [3.63, 3.8) is 0 Å². The van der Waals surface area contributed by atoms with Crippen LogP contribution in [0, 0.1) is 32.6 Å². The van der Waals surface area contributed by atoms with Crippen LogP contribution in [0.15, 0.2) is 30.3 Å². The minimum Gasteiger partial charge on any atom is -0.352 e. The first-order valence-corrected chi connectivity index (χ1v) is 10.3. The minimum atomic E-state index is 0.0760. The van der Waals surface area contributed by atoms with Gasteiger partial charge in [-0.25, -0.2) is 0 Å². The van der Waals surface area contributed by atoms with Crippen molar-refractivity contribution in [2.24, 2.45) is 11.8 Å². The van der Waals surface area contributed by atoms with Gasteiger partial charge in [0.2, 0.25) is 5.91 Å². The van der Waals surface area contributed by atoms with Crippen molar-refractivity contribution >= 4 is 5.91 Å². The van der Waals surface area contributed by atoms with Crippen LogP contribution < -0.4 is 5.32 Å². The van der Waals surface area contributed by atoms with Crippen LogP contribution in [-0.4, -0.2) is 21.7 Å². The Morgan fingerprint density at radius 1 is 1.19 bits per heavy atom. The molecule has 0 spiro atoms. The summed E-state index contributed by atoms with van der Waals surface area (Å²) in [7, 11) is 0. The Kier molecular flexibility index (Phi) is 4.83. The van der Waals surface area contributed by atoms with Crippen molar-refractivity contribution in [3.05, 3.63) is 52.8 Å². The highest BCUT2D eigenvalue weighted by atomic mass is 16.1. The third kappa shape index (κ3) is 3.19. The zero-order valence-electron chi connectivity index (χ0n) is 16.9. The molecule has 0 saturated heterocycles. The smallest absolute Gasteiger partial charge is 0.222 e. The van der Waals surface area contributed by atoms with Crippen molar-refractivity contribution in [1.29, 1.82) is 0 Å². The van der Waals surface area contributed by atoms with E-state index < -0.39 is 0 Å². The van der Waals surface area contributed by atoms with Crippen LogP contribution in [0.3, 0.4) is 0 Å². The number of hydrogen-bond donors (Lipinski definition) is 1. The molecule has 4 rings (SSSR count). The van der Waals surface area contributed by atoms with Crippen molar-refractivity contribution < 1.29 is 4.79 Å². The Balaban J connectivity index is 1.44. The number of carbonyl (C=O) groups is 1. The molecular formula is C23H31N3O. The van der Waals surface area contributed by atoms with Crippen LogP contribution in [0.1, 0.15) is 67.1 Å². The molecule has 0 radical (unpaired) electrons. The summed E-state index contributed by atoms with van der Waals surface area (Å²) < 4.78 is 2.01. The van der Waals surface area contributed by atoms with Gasteiger partial charge >= 0.3 is 0 Å². The first-order valence-electron chi connectivity index (χ1n) is 10.3. The van der Waals surface area contributed by atoms with E-state index in [4.69, 9.17) is 0 Å². The molecule has 2 aliphatic carbocycles. The molecule has 2 saturated carbocycles. The molecule has 2 aromatic rings. The lowest BCUT2D eigenvalue weighted by atomic mass is 9.60. The van der Waals surface area contributed by atoms with E-state index in [0.717, 1.165) is 17.3 Å². The molecule has 27 heavy (non-hydrogen) atoms. The Morgan fingerprint density at radius 2 is 1.89 bits per heavy atom. The summed E-state index contributed by atoms with van der Waals surface area (Å²) in [6, 6.07) is 11.1. The van der Waals surface area contributed by atoms with E-state index in [1.807, 2.05) is 11.6 Å². The van der Waals surface area contributed by atoms with E-state index >= 15 is 0 Å². The van der Waals surface area contributed by atoms with Crippen molar-refractivity contribution in [3.8, 4) is 0 Å². The normalized spacial score (nSPS) is 27.7. The molecule has 144 valence electrons. The lowest BCUT2D eigenvalue weighted by Gasteiger charge is -2.50. The number of hydrogen-bond acceptors (Lipinski definition) is 2. The van der Waals surface area contributed by atoms with E-state index in [-0.39, 0.29) is 11.9 Å². The second-order valence-corrected chi connectivity index (χ2v) is 8.58. The third-order valence-corrected chi connectivity index (χ3v) is 7.03. The fourth-order valence-corrected chi connectivity index (χ4v) is 5.40. The largest absolute Gasteiger partial charge is 0.352 e. The van der Waals surface area contributed by atoms with Crippen LogP contribution in [0.25, 0.3) is 0 Å². The molecule has 0 unspecified atom stereocenters. The third-order valence-electron chi connectivity index (χ3n) is 7.03. The monoisotopic (exact) mass is 365 g/mol. The Bertz CT molecular complexity index is 826. The number of benzene rings is 1. The van der Waals surface area contributed by atoms with Crippen molar-refractivity contribution in [1.82, 2.24) is 15.1 Å². The van der Waals surface area contributed by atoms with Crippen LogP contribution >= 0.6 is 0 Å². The molecule has 0 bridgehead atoms. The Morgan fingerprint density at radius 3 is 2.56 bits per heavy atom. The number of aryl methyl sites for hydroxylation is 1. The number of rotatable bonds is 5. The van der Waals surface area contributed by atoms with E-state index in [1.54, 1.807) is 0 Å². The van der Waals surface area contributed by atoms with Crippen LogP contribution in [-0.2, 0) is 4.79 Å². The fourth-order valence-electron chi connectivity index (χ4n) is 5.40. The molecule has 1 aromatic carbocycles. The molecule has 2 aliphatic rings. The molecular weight excluding hydrogens is 334 g/mol. The SMILES string of the molecule is Cc1nn([C@H](C)CC(=O)N[C@@H]2[C@@H]3CCC[C@H]3[C@@H]2c2ccccc2)c(C)c1C. The molecule has 0 aliphatic heterocycles. The lowest BCUT2D eigenvalue weighted by Crippen LogP contribution is -2.56. The topological polar surface area (TPSA) is 46.9 Å². The lowest BCUT2D eigenvalue weighted by molar-refractivity contribution is -0.124. The van der Waals surface area contributed by atoms with E-state index in [2.05, 4.69) is 61.5 Å². The maximum Gasteiger partial charge on any atom is 0.222 e. The molecule has 4 heteroatoms. The van der Waals surface area contributed by atoms with Gasteiger partial charge in [-0.3, -0.25) is 9.48 Å². The zero-order chi connectivity index (χ0) is 19.1. The van der Waals surface area contributed by atoms with Crippen LogP contribution in [0.4, 0.5) is 0 Å². The summed E-state index contributed by atoms with van der Waals surface area (Å²) in [4.78, 5) is 12.8. The van der Waals surface area contributed by atoms with Gasteiger partial charge < -0.3 is 5.32 Å². The predicted molar refractivity (Wildman–Crippen MR) is 108 cm³/mol. The summed E-state index contributed by atoms with van der Waals surface area (Å²) in [6.45, 7) is 8.31. The van der Waals surface area contributed by atoms with Gasteiger partial charge in [0, 0.05) is 24.1 Å². The summed E-state index contributed by atoms with van der Waals surface area (Å²) in [5, 5.41) is 8.03. The second-order valence-electron chi connectivity index (χ2n) is 8.58. The summed E-state index contributed by atoms with van der Waals surface area (Å²) in [6.07, 6.45) is 4.34. The predicted octanol–water partition coefficient (Wildman–Crippen LogP) is 4.46. The Labute approximate surface area is 162 Å². The van der Waals surface area contributed by atoms with Gasteiger partial charge in [-0.1, -0.05) is 36.8 Å². The van der Waals surface area contributed by atoms with E-state index in [0.29, 0.717) is 24.3 Å². The van der Waals surface area contributed by atoms with Crippen LogP contribution in [0.5, 0.6) is 0 Å². The highest BCUT2D eigenvalue weighted by molar-refractivity contribution is 5.77. The zero-order valence-corrected chi connectivity index (χ0v) is 16.9. The van der Waals surface area contributed by atoms with E-state index in [1.165, 1.54) is 30.4 Å². The van der Waals surface area contributed by atoms with E-state index in [9.17, 15) is 4.79 Å². The average molecular weight is 366 g/mol. The first-order chi connectivity index (χ1) is 13.0. The Hall–Kier alpha value is -2.10. The van der Waals surface area contributed by atoms with Gasteiger partial charge in [-0.05, 0) is 63.5 Å². The van der Waals surface area contributed by atoms with Crippen molar-refractivity contribution in [2.75, 3.05) is 0 Å². The van der Waals surface area contributed by atoms with Gasteiger partial charge in [-0.15, -0.1) is 0 Å². The van der Waals surface area contributed by atoms with Crippen LogP contribution in [0.2, 0.25) is 0 Å². The molecule has 1 N–H and O–H groups in total. The average Bonchev–Trinajstić information content (AvgIpc) is 3.17. The highest BCUT2D eigenvalue weighted by Gasteiger charge is 2.53. The number of carbonyl (C=O) groups excluding carboxylic acids is 1. The van der Waals surface area contributed by atoms with Gasteiger partial charge in [-0.2, -0.15) is 5.10 Å².